The highest BCUT2D eigenvalue weighted by molar-refractivity contribution is 8.00. The van der Waals surface area contributed by atoms with Gasteiger partial charge in [-0.05, 0) is 85.7 Å². The number of carbonyl (C=O) groups is 1. The Morgan fingerprint density at radius 3 is 2.45 bits per heavy atom. The third-order valence-electron chi connectivity index (χ3n) is 7.36. The van der Waals surface area contributed by atoms with E-state index in [0.29, 0.717) is 41.9 Å². The van der Waals surface area contributed by atoms with Crippen LogP contribution >= 0.6 is 11.8 Å². The molecule has 31 heavy (non-hydrogen) atoms. The summed E-state index contributed by atoms with van der Waals surface area (Å²) < 4.78 is 11.6. The minimum Gasteiger partial charge on any atom is -0.474 e. The van der Waals surface area contributed by atoms with Gasteiger partial charge in [-0.25, -0.2) is 0 Å². The molecule has 0 atom stereocenters. The zero-order chi connectivity index (χ0) is 22.2. The van der Waals surface area contributed by atoms with Gasteiger partial charge in [0.2, 0.25) is 5.76 Å². The van der Waals surface area contributed by atoms with Gasteiger partial charge in [0.25, 0.3) is 11.8 Å². The Morgan fingerprint density at radius 1 is 1.23 bits per heavy atom. The second-order valence-electron chi connectivity index (χ2n) is 11.1. The van der Waals surface area contributed by atoms with Crippen molar-refractivity contribution in [2.24, 2.45) is 34.8 Å². The van der Waals surface area contributed by atoms with Gasteiger partial charge in [0.15, 0.2) is 0 Å². The summed E-state index contributed by atoms with van der Waals surface area (Å²) in [5.74, 6) is 3.64. The van der Waals surface area contributed by atoms with E-state index < -0.39 is 0 Å². The van der Waals surface area contributed by atoms with E-state index in [-0.39, 0.29) is 17.4 Å². The maximum atomic E-state index is 13.3. The Labute approximate surface area is 190 Å². The van der Waals surface area contributed by atoms with Crippen LogP contribution in [0.5, 0.6) is 5.88 Å². The van der Waals surface area contributed by atoms with Crippen LogP contribution in [0.3, 0.4) is 0 Å². The van der Waals surface area contributed by atoms with Gasteiger partial charge in [-0.1, -0.05) is 27.7 Å². The number of carbonyl (C=O) groups excluding carboxylic acids is 1. The molecule has 5 rings (SSSR count). The minimum absolute atomic E-state index is 0.0130. The maximum absolute atomic E-state index is 13.3. The number of nitrogens with one attached hydrogen (secondary N) is 1. The third kappa shape index (κ3) is 5.24. The lowest BCUT2D eigenvalue weighted by atomic mass is 9.54. The summed E-state index contributed by atoms with van der Waals surface area (Å²) in [6, 6.07) is 0.280. The lowest BCUT2D eigenvalue weighted by Crippen LogP contribution is -2.55. The predicted octanol–water partition coefficient (Wildman–Crippen LogP) is 4.87. The van der Waals surface area contributed by atoms with Crippen molar-refractivity contribution >= 4 is 17.7 Å². The zero-order valence-electron chi connectivity index (χ0n) is 19.5. The maximum Gasteiger partial charge on any atom is 0.291 e. The van der Waals surface area contributed by atoms with Crippen LogP contribution in [-0.4, -0.2) is 35.5 Å². The Kier molecular flexibility index (Phi) is 6.92. The molecule has 4 aliphatic rings. The van der Waals surface area contributed by atoms with Crippen LogP contribution in [-0.2, 0) is 0 Å². The summed E-state index contributed by atoms with van der Waals surface area (Å²) >= 11 is 1.58. The highest BCUT2D eigenvalue weighted by Crippen LogP contribution is 2.53. The molecular weight excluding hydrogens is 410 g/mol. The van der Waals surface area contributed by atoms with Crippen LogP contribution in [0.25, 0.3) is 0 Å². The largest absolute Gasteiger partial charge is 0.474 e. The molecule has 1 amide bonds. The molecule has 0 aromatic carbocycles. The molecule has 6 nitrogen and oxygen atoms in total. The van der Waals surface area contributed by atoms with E-state index >= 15 is 0 Å². The van der Waals surface area contributed by atoms with E-state index in [2.05, 4.69) is 38.2 Å². The van der Waals surface area contributed by atoms with Gasteiger partial charge in [0.05, 0.1) is 6.61 Å². The van der Waals surface area contributed by atoms with Crippen LogP contribution in [0.1, 0.15) is 83.2 Å². The molecule has 4 bridgehead atoms. The number of rotatable bonds is 10. The molecule has 4 fully saturated rings. The van der Waals surface area contributed by atoms with Crippen molar-refractivity contribution in [3.63, 3.8) is 0 Å². The minimum atomic E-state index is -0.134. The van der Waals surface area contributed by atoms with Gasteiger partial charge in [0, 0.05) is 11.3 Å². The zero-order valence-corrected chi connectivity index (χ0v) is 20.3. The molecular formula is C24H39N3O3S. The molecule has 0 aliphatic heterocycles. The standard InChI is InChI=1S/C24H39N3O3S/c1-14(2)31-21-20(30-27-23(21)29-13-24(3,4)6-5-7-25)22(28)26-19-17-9-15-8-16(11-17)12-18(19)10-15/h14-19H,5-13,25H2,1-4H3,(H,26,28). The molecule has 0 saturated heterocycles. The number of hydrogen-bond donors (Lipinski definition) is 2. The van der Waals surface area contributed by atoms with Crippen molar-refractivity contribution in [3.8, 4) is 5.88 Å². The van der Waals surface area contributed by atoms with Crippen LogP contribution in [0.2, 0.25) is 0 Å². The summed E-state index contributed by atoms with van der Waals surface area (Å²) in [4.78, 5) is 14.0. The van der Waals surface area contributed by atoms with Gasteiger partial charge in [0.1, 0.15) is 4.90 Å². The number of hydrogen-bond acceptors (Lipinski definition) is 6. The molecule has 4 saturated carbocycles. The Hall–Kier alpha value is -1.21. The van der Waals surface area contributed by atoms with E-state index in [4.69, 9.17) is 15.0 Å². The Bertz CT molecular complexity index is 748. The monoisotopic (exact) mass is 449 g/mol. The normalized spacial score (nSPS) is 29.5. The van der Waals surface area contributed by atoms with Crippen molar-refractivity contribution in [2.45, 2.75) is 88.8 Å². The molecule has 0 unspecified atom stereocenters. The average Bonchev–Trinajstić information content (AvgIpc) is 3.09. The predicted molar refractivity (Wildman–Crippen MR) is 123 cm³/mol. The molecule has 3 N–H and O–H groups in total. The first-order valence-electron chi connectivity index (χ1n) is 12.1. The number of thioether (sulfide) groups is 1. The average molecular weight is 450 g/mol. The van der Waals surface area contributed by atoms with Crippen molar-refractivity contribution < 1.29 is 14.1 Å². The van der Waals surface area contributed by atoms with Crippen LogP contribution in [0.15, 0.2) is 9.42 Å². The number of ether oxygens (including phenoxy) is 1. The van der Waals surface area contributed by atoms with Crippen molar-refractivity contribution in [3.05, 3.63) is 5.76 Å². The van der Waals surface area contributed by atoms with Gasteiger partial charge in [-0.15, -0.1) is 11.8 Å². The lowest BCUT2D eigenvalue weighted by molar-refractivity contribution is -0.0124. The van der Waals surface area contributed by atoms with E-state index in [0.717, 1.165) is 29.6 Å². The summed E-state index contributed by atoms with van der Waals surface area (Å²) in [5, 5.41) is 7.80. The number of amides is 1. The first kappa shape index (κ1) is 23.0. The molecule has 0 radical (unpaired) electrons. The fourth-order valence-corrected chi connectivity index (χ4v) is 7.04. The lowest BCUT2D eigenvalue weighted by Gasteiger charge is -2.54. The first-order valence-corrected chi connectivity index (χ1v) is 12.9. The second-order valence-corrected chi connectivity index (χ2v) is 12.7. The summed E-state index contributed by atoms with van der Waals surface area (Å²) in [6.07, 6.45) is 8.44. The summed E-state index contributed by atoms with van der Waals surface area (Å²) in [5.41, 5.74) is 5.65. The molecule has 1 heterocycles. The van der Waals surface area contributed by atoms with Crippen molar-refractivity contribution in [1.29, 1.82) is 0 Å². The van der Waals surface area contributed by atoms with Gasteiger partial charge >= 0.3 is 0 Å². The van der Waals surface area contributed by atoms with Crippen molar-refractivity contribution in [1.82, 2.24) is 10.5 Å². The smallest absolute Gasteiger partial charge is 0.291 e. The van der Waals surface area contributed by atoms with Crippen LogP contribution < -0.4 is 15.8 Å². The fraction of sp³-hybridized carbons (Fsp3) is 0.833. The van der Waals surface area contributed by atoms with Crippen molar-refractivity contribution in [2.75, 3.05) is 13.2 Å². The fourth-order valence-electron chi connectivity index (χ4n) is 6.14. The molecule has 1 aromatic heterocycles. The van der Waals surface area contributed by atoms with Gasteiger partial charge in [-0.2, -0.15) is 0 Å². The van der Waals surface area contributed by atoms with Gasteiger partial charge < -0.3 is 20.3 Å². The van der Waals surface area contributed by atoms with Crippen LogP contribution in [0.4, 0.5) is 0 Å². The van der Waals surface area contributed by atoms with Gasteiger partial charge in [-0.3, -0.25) is 4.79 Å². The van der Waals surface area contributed by atoms with E-state index in [1.165, 1.54) is 32.1 Å². The first-order chi connectivity index (χ1) is 14.8. The second kappa shape index (κ2) is 9.34. The molecule has 1 aromatic rings. The Morgan fingerprint density at radius 2 is 1.87 bits per heavy atom. The number of nitrogens with zero attached hydrogens (tertiary/aromatic N) is 1. The van der Waals surface area contributed by atoms with E-state index in [9.17, 15) is 4.79 Å². The number of nitrogens with two attached hydrogens (primary N) is 1. The highest BCUT2D eigenvalue weighted by atomic mass is 32.2. The Balaban J connectivity index is 1.45. The van der Waals surface area contributed by atoms with E-state index in [1.807, 2.05) is 0 Å². The molecule has 0 spiro atoms. The van der Waals surface area contributed by atoms with Crippen LogP contribution in [0, 0.1) is 29.1 Å². The topological polar surface area (TPSA) is 90.4 Å². The number of aromatic nitrogens is 1. The summed E-state index contributed by atoms with van der Waals surface area (Å²) in [6.45, 7) is 9.73. The highest BCUT2D eigenvalue weighted by Gasteiger charge is 2.49. The molecule has 174 valence electrons. The van der Waals surface area contributed by atoms with E-state index in [1.54, 1.807) is 11.8 Å². The quantitative estimate of drug-likeness (QED) is 0.495. The molecule has 7 heteroatoms. The summed E-state index contributed by atoms with van der Waals surface area (Å²) in [7, 11) is 0. The molecule has 4 aliphatic carbocycles. The SMILES string of the molecule is CC(C)Sc1c(OCC(C)(C)CCCN)noc1C(=O)NC1C2CC3CC(C2)CC1C3. The third-order valence-corrected chi connectivity index (χ3v) is 8.43.